The largest absolute Gasteiger partial charge is 0.394 e. The second kappa shape index (κ2) is 16.0. The normalized spacial score (nSPS) is 22.6. The Hall–Kier alpha value is -2.95. The summed E-state index contributed by atoms with van der Waals surface area (Å²) >= 11 is 0. The lowest BCUT2D eigenvalue weighted by molar-refractivity contribution is -0.132. The monoisotopic (exact) mass is 597 g/mol. The Balaban J connectivity index is 2.26. The molecular weight excluding hydrogens is 550 g/mol. The van der Waals surface area contributed by atoms with Crippen LogP contribution in [0.5, 0.6) is 0 Å². The Morgan fingerprint density at radius 2 is 1.74 bits per heavy atom. The van der Waals surface area contributed by atoms with Crippen molar-refractivity contribution in [3.8, 4) is 0 Å². The van der Waals surface area contributed by atoms with Crippen molar-refractivity contribution in [2.24, 2.45) is 23.3 Å². The number of anilines is 1. The third-order valence-corrected chi connectivity index (χ3v) is 7.20. The number of aromatic nitrogens is 2. The van der Waals surface area contributed by atoms with E-state index in [1.165, 1.54) is 19.3 Å². The highest BCUT2D eigenvalue weighted by atomic mass is 16.6. The molecule has 3 amide bonds. The standard InChI is InChI=1S/C27H47N7O8/c1-14(2)12-17(31-24(39)20(29)15(3)4)23(38)30-16(8-6-7-10-28)25(40)33(5)19-9-11-34(27(41)32-19)26-22(37)21(36)18(13-35)42-26/h9,11,14-18,20-22,26,35-37H,6-8,10,12-13,28-29H2,1-5H3,(H,30,38)(H,31,39)/t16-,17-,18+,20+,21+,22-,26+/m0/s1. The van der Waals surface area contributed by atoms with Gasteiger partial charge in [-0.25, -0.2) is 4.79 Å². The molecule has 0 aromatic carbocycles. The number of carbonyl (C=O) groups excluding carboxylic acids is 3. The molecule has 1 saturated heterocycles. The number of amides is 3. The van der Waals surface area contributed by atoms with Crippen molar-refractivity contribution < 1.29 is 34.4 Å². The average molecular weight is 598 g/mol. The zero-order valence-corrected chi connectivity index (χ0v) is 25.0. The number of carbonyl (C=O) groups is 3. The third-order valence-electron chi connectivity index (χ3n) is 7.20. The number of hydrogen-bond acceptors (Lipinski definition) is 11. The second-order valence-electron chi connectivity index (χ2n) is 11.4. The maximum absolute atomic E-state index is 13.6. The first-order valence-corrected chi connectivity index (χ1v) is 14.3. The van der Waals surface area contributed by atoms with Gasteiger partial charge >= 0.3 is 5.69 Å². The molecule has 2 heterocycles. The molecule has 0 radical (unpaired) electrons. The van der Waals surface area contributed by atoms with Gasteiger partial charge in [0.05, 0.1) is 12.6 Å². The minimum atomic E-state index is -1.48. The van der Waals surface area contributed by atoms with E-state index in [1.807, 2.05) is 13.8 Å². The van der Waals surface area contributed by atoms with Crippen LogP contribution in [0, 0.1) is 11.8 Å². The summed E-state index contributed by atoms with van der Waals surface area (Å²) in [5.41, 5.74) is 10.7. The van der Waals surface area contributed by atoms with Crippen LogP contribution in [0.25, 0.3) is 0 Å². The van der Waals surface area contributed by atoms with Crippen LogP contribution in [0.4, 0.5) is 5.82 Å². The van der Waals surface area contributed by atoms with E-state index in [1.54, 1.807) is 13.8 Å². The summed E-state index contributed by atoms with van der Waals surface area (Å²) < 4.78 is 6.34. The second-order valence-corrected chi connectivity index (χ2v) is 11.4. The molecule has 15 heteroatoms. The maximum atomic E-state index is 13.6. The first-order chi connectivity index (χ1) is 19.7. The number of rotatable bonds is 15. The van der Waals surface area contributed by atoms with E-state index in [9.17, 15) is 34.5 Å². The van der Waals surface area contributed by atoms with E-state index < -0.39 is 72.7 Å². The van der Waals surface area contributed by atoms with Crippen molar-refractivity contribution in [2.45, 2.75) is 96.0 Å². The fraction of sp³-hybridized carbons (Fsp3) is 0.741. The molecule has 2 rings (SSSR count). The number of aliphatic hydroxyl groups is 3. The lowest BCUT2D eigenvalue weighted by Crippen LogP contribution is -2.57. The highest BCUT2D eigenvalue weighted by Gasteiger charge is 2.44. The molecule has 0 spiro atoms. The van der Waals surface area contributed by atoms with Crippen LogP contribution in [-0.4, -0.2) is 99.2 Å². The molecule has 238 valence electrons. The summed E-state index contributed by atoms with van der Waals surface area (Å²) in [7, 11) is 1.40. The van der Waals surface area contributed by atoms with Gasteiger partial charge in [0.2, 0.25) is 17.7 Å². The summed E-state index contributed by atoms with van der Waals surface area (Å²) in [6.45, 7) is 7.24. The van der Waals surface area contributed by atoms with E-state index in [4.69, 9.17) is 16.2 Å². The summed E-state index contributed by atoms with van der Waals surface area (Å²) in [5.74, 6) is -1.67. The lowest BCUT2D eigenvalue weighted by Gasteiger charge is -2.28. The van der Waals surface area contributed by atoms with Gasteiger partial charge in [0.15, 0.2) is 6.23 Å². The van der Waals surface area contributed by atoms with E-state index >= 15 is 0 Å². The molecule has 7 atom stereocenters. The van der Waals surface area contributed by atoms with Crippen molar-refractivity contribution in [1.82, 2.24) is 20.2 Å². The van der Waals surface area contributed by atoms with Gasteiger partial charge in [-0.1, -0.05) is 27.7 Å². The number of hydrogen-bond donors (Lipinski definition) is 7. The number of ether oxygens (including phenoxy) is 1. The smallest absolute Gasteiger partial charge is 0.351 e. The first kappa shape index (κ1) is 35.2. The van der Waals surface area contributed by atoms with Crippen molar-refractivity contribution in [3.63, 3.8) is 0 Å². The lowest BCUT2D eigenvalue weighted by atomic mass is 9.99. The number of unbranched alkanes of at least 4 members (excludes halogenated alkanes) is 1. The summed E-state index contributed by atoms with van der Waals surface area (Å²) in [6.07, 6.45) is -2.29. The molecule has 0 saturated carbocycles. The molecule has 15 nitrogen and oxygen atoms in total. The third kappa shape index (κ3) is 9.02. The quantitative estimate of drug-likeness (QED) is 0.109. The van der Waals surface area contributed by atoms with Gasteiger partial charge in [0.1, 0.15) is 36.2 Å². The summed E-state index contributed by atoms with van der Waals surface area (Å²) in [6, 6.07) is -1.39. The van der Waals surface area contributed by atoms with Crippen molar-refractivity contribution in [3.05, 3.63) is 22.7 Å². The average Bonchev–Trinajstić information content (AvgIpc) is 3.23. The van der Waals surface area contributed by atoms with Gasteiger partial charge in [-0.15, -0.1) is 0 Å². The summed E-state index contributed by atoms with van der Waals surface area (Å²) in [5, 5.41) is 35.0. The van der Waals surface area contributed by atoms with Crippen LogP contribution >= 0.6 is 0 Å². The van der Waals surface area contributed by atoms with Crippen molar-refractivity contribution >= 4 is 23.5 Å². The van der Waals surface area contributed by atoms with Crippen LogP contribution in [0.2, 0.25) is 0 Å². The molecule has 42 heavy (non-hydrogen) atoms. The van der Waals surface area contributed by atoms with E-state index in [2.05, 4.69) is 15.6 Å². The highest BCUT2D eigenvalue weighted by molar-refractivity contribution is 5.99. The number of aliphatic hydroxyl groups excluding tert-OH is 3. The van der Waals surface area contributed by atoms with Gasteiger partial charge in [0, 0.05) is 13.2 Å². The number of nitrogens with two attached hydrogens (primary N) is 2. The Kier molecular flexibility index (Phi) is 13.5. The molecular formula is C27H47N7O8. The van der Waals surface area contributed by atoms with Crippen LogP contribution < -0.4 is 32.7 Å². The molecule has 1 aromatic rings. The zero-order valence-electron chi connectivity index (χ0n) is 25.0. The van der Waals surface area contributed by atoms with E-state index in [-0.39, 0.29) is 24.1 Å². The predicted molar refractivity (Wildman–Crippen MR) is 154 cm³/mol. The minimum absolute atomic E-state index is 0.0268. The SMILES string of the molecule is CC(C)C[C@H](NC(=O)[C@H](N)C(C)C)C(=O)N[C@@H](CCCCN)C(=O)N(C)c1ccn([C@@H]2O[C@H](CO)[C@@H](O)[C@@H]2O)c(=O)n1. The topological polar surface area (TPSA) is 235 Å². The van der Waals surface area contributed by atoms with Gasteiger partial charge in [-0.2, -0.15) is 4.98 Å². The Bertz CT molecular complexity index is 1110. The Morgan fingerprint density at radius 1 is 1.10 bits per heavy atom. The molecule has 1 aromatic heterocycles. The van der Waals surface area contributed by atoms with Crippen LogP contribution in [0.3, 0.4) is 0 Å². The molecule has 0 unspecified atom stereocenters. The summed E-state index contributed by atoms with van der Waals surface area (Å²) in [4.78, 5) is 57.4. The number of nitrogens with one attached hydrogen (secondary N) is 2. The van der Waals surface area contributed by atoms with Gasteiger partial charge < -0.3 is 42.2 Å². The predicted octanol–water partition coefficient (Wildman–Crippen LogP) is -2.05. The molecule has 0 bridgehead atoms. The molecule has 9 N–H and O–H groups in total. The zero-order chi connectivity index (χ0) is 31.7. The molecule has 1 aliphatic heterocycles. The van der Waals surface area contributed by atoms with Gasteiger partial charge in [-0.3, -0.25) is 23.9 Å². The van der Waals surface area contributed by atoms with E-state index in [0.717, 1.165) is 9.47 Å². The molecule has 0 aliphatic carbocycles. The highest BCUT2D eigenvalue weighted by Crippen LogP contribution is 2.28. The first-order valence-electron chi connectivity index (χ1n) is 14.3. The number of likely N-dealkylation sites (N-methyl/N-ethyl adjacent to an activating group) is 1. The van der Waals surface area contributed by atoms with Crippen molar-refractivity contribution in [1.29, 1.82) is 0 Å². The molecule has 1 aliphatic rings. The Morgan fingerprint density at radius 3 is 2.26 bits per heavy atom. The van der Waals surface area contributed by atoms with Gasteiger partial charge in [0.25, 0.3) is 0 Å². The Labute approximate surface area is 245 Å². The van der Waals surface area contributed by atoms with Crippen LogP contribution in [0.1, 0.15) is 59.6 Å². The van der Waals surface area contributed by atoms with Crippen molar-refractivity contribution in [2.75, 3.05) is 25.1 Å². The van der Waals surface area contributed by atoms with Gasteiger partial charge in [-0.05, 0) is 50.1 Å². The fourth-order valence-electron chi connectivity index (χ4n) is 4.54. The van der Waals surface area contributed by atoms with Crippen LogP contribution in [0.15, 0.2) is 17.1 Å². The minimum Gasteiger partial charge on any atom is -0.394 e. The van der Waals surface area contributed by atoms with Crippen LogP contribution in [-0.2, 0) is 19.1 Å². The van der Waals surface area contributed by atoms with E-state index in [0.29, 0.717) is 25.8 Å². The fourth-order valence-corrected chi connectivity index (χ4v) is 4.54. The maximum Gasteiger partial charge on any atom is 0.351 e. The molecule has 1 fully saturated rings. The number of nitrogens with zero attached hydrogens (tertiary/aromatic N) is 3.